The molecule has 1 aromatic heterocycles. The second-order valence-electron chi connectivity index (χ2n) is 8.31. The normalized spacial score (nSPS) is 19.5. The summed E-state index contributed by atoms with van der Waals surface area (Å²) >= 11 is 0. The van der Waals surface area contributed by atoms with Gasteiger partial charge in [0.1, 0.15) is 11.9 Å². The van der Waals surface area contributed by atoms with Crippen molar-refractivity contribution in [1.29, 1.82) is 0 Å². The average Bonchev–Trinajstić information content (AvgIpc) is 3.26. The molecule has 0 bridgehead atoms. The molecule has 2 N–H and O–H groups in total. The van der Waals surface area contributed by atoms with Gasteiger partial charge in [0.05, 0.1) is 0 Å². The molecule has 2 saturated heterocycles. The molecule has 7 heteroatoms. The predicted molar refractivity (Wildman–Crippen MR) is 121 cm³/mol. The summed E-state index contributed by atoms with van der Waals surface area (Å²) < 4.78 is 0. The monoisotopic (exact) mass is 416 g/mol. The van der Waals surface area contributed by atoms with E-state index in [4.69, 9.17) is 0 Å². The molecule has 2 aliphatic rings. The van der Waals surface area contributed by atoms with Gasteiger partial charge in [0.15, 0.2) is 5.82 Å². The summed E-state index contributed by atoms with van der Waals surface area (Å²) in [6.45, 7) is 7.11. The summed E-state index contributed by atoms with van der Waals surface area (Å²) in [4.78, 5) is 21.8. The summed E-state index contributed by atoms with van der Waals surface area (Å²) in [5.41, 5.74) is 4.56. The first-order valence-electron chi connectivity index (χ1n) is 11.0. The third-order valence-electron chi connectivity index (χ3n) is 6.31. The highest BCUT2D eigenvalue weighted by Crippen LogP contribution is 2.29. The maximum absolute atomic E-state index is 13.0. The fourth-order valence-electron chi connectivity index (χ4n) is 4.60. The topological polar surface area (TPSA) is 77.2 Å². The minimum absolute atomic E-state index is 0.00699. The van der Waals surface area contributed by atoms with E-state index in [-0.39, 0.29) is 11.9 Å². The molecule has 5 rings (SSSR count). The molecule has 0 radical (unpaired) electrons. The molecule has 0 aliphatic carbocycles. The van der Waals surface area contributed by atoms with E-state index >= 15 is 0 Å². The Morgan fingerprint density at radius 3 is 2.74 bits per heavy atom. The summed E-state index contributed by atoms with van der Waals surface area (Å²) in [6.07, 6.45) is 0.823. The maximum Gasteiger partial charge on any atom is 0.241 e. The maximum atomic E-state index is 13.0. The van der Waals surface area contributed by atoms with E-state index in [1.54, 1.807) is 0 Å². The first-order valence-corrected chi connectivity index (χ1v) is 11.0. The predicted octanol–water partition coefficient (Wildman–Crippen LogP) is 2.11. The van der Waals surface area contributed by atoms with Gasteiger partial charge in [-0.3, -0.25) is 14.8 Å². The molecule has 0 saturated carbocycles. The molecule has 0 spiro atoms. The number of piperazine rings is 2. The van der Waals surface area contributed by atoms with Crippen molar-refractivity contribution < 1.29 is 4.79 Å². The van der Waals surface area contributed by atoms with E-state index < -0.39 is 0 Å². The number of fused-ring (bicyclic) bond motifs is 1. The zero-order valence-electron chi connectivity index (χ0n) is 17.8. The van der Waals surface area contributed by atoms with Crippen LogP contribution in [-0.2, 0) is 11.2 Å². The quantitative estimate of drug-likeness (QED) is 0.666. The molecule has 1 amide bonds. The Kier molecular flexibility index (Phi) is 5.53. The van der Waals surface area contributed by atoms with Crippen molar-refractivity contribution in [1.82, 2.24) is 30.3 Å². The second-order valence-corrected chi connectivity index (χ2v) is 8.31. The van der Waals surface area contributed by atoms with Gasteiger partial charge < -0.3 is 10.2 Å². The number of nitrogens with zero attached hydrogens (tertiary/aromatic N) is 4. The van der Waals surface area contributed by atoms with Crippen molar-refractivity contribution in [2.45, 2.75) is 19.4 Å². The molecule has 3 heterocycles. The van der Waals surface area contributed by atoms with Gasteiger partial charge in [-0.1, -0.05) is 42.5 Å². The number of carbonyl (C=O) groups excluding carboxylic acids is 1. The van der Waals surface area contributed by atoms with Crippen LogP contribution in [0.2, 0.25) is 0 Å². The third-order valence-corrected chi connectivity index (χ3v) is 6.31. The highest BCUT2D eigenvalue weighted by Gasteiger charge is 2.35. The first kappa shape index (κ1) is 19.9. The lowest BCUT2D eigenvalue weighted by atomic mass is 9.95. The number of aromatic nitrogens is 3. The SMILES string of the molecule is Cc1nc(-c2ccc(CCN3CCN4CCNC[C@@H]4C3=O)c(-c3ccccc3)c2)n[nH]1. The Hall–Kier alpha value is -3.03. The van der Waals surface area contributed by atoms with Crippen LogP contribution in [0.1, 0.15) is 11.4 Å². The van der Waals surface area contributed by atoms with Crippen LogP contribution < -0.4 is 5.32 Å². The molecule has 1 atom stereocenters. The summed E-state index contributed by atoms with van der Waals surface area (Å²) in [6, 6.07) is 16.8. The lowest BCUT2D eigenvalue weighted by molar-refractivity contribution is -0.142. The van der Waals surface area contributed by atoms with Gasteiger partial charge in [-0.2, -0.15) is 5.10 Å². The van der Waals surface area contributed by atoms with E-state index in [0.29, 0.717) is 5.82 Å². The zero-order valence-corrected chi connectivity index (χ0v) is 17.8. The van der Waals surface area contributed by atoms with Gasteiger partial charge in [0, 0.05) is 44.8 Å². The van der Waals surface area contributed by atoms with Crippen molar-refractivity contribution >= 4 is 5.91 Å². The molecule has 2 aliphatic heterocycles. The number of carbonyl (C=O) groups is 1. The Morgan fingerprint density at radius 2 is 1.94 bits per heavy atom. The molecular weight excluding hydrogens is 388 g/mol. The summed E-state index contributed by atoms with van der Waals surface area (Å²) in [7, 11) is 0. The molecule has 3 aromatic rings. The van der Waals surface area contributed by atoms with Crippen molar-refractivity contribution in [3.8, 4) is 22.5 Å². The smallest absolute Gasteiger partial charge is 0.241 e. The first-order chi connectivity index (χ1) is 15.2. The van der Waals surface area contributed by atoms with E-state index in [0.717, 1.165) is 57.1 Å². The van der Waals surface area contributed by atoms with Crippen molar-refractivity contribution in [3.05, 3.63) is 59.9 Å². The van der Waals surface area contributed by atoms with Crippen LogP contribution in [0, 0.1) is 6.92 Å². The number of hydrogen-bond acceptors (Lipinski definition) is 5. The van der Waals surface area contributed by atoms with E-state index in [2.05, 4.69) is 67.9 Å². The molecule has 2 aromatic carbocycles. The Labute approximate surface area is 182 Å². The van der Waals surface area contributed by atoms with Crippen LogP contribution in [-0.4, -0.2) is 76.2 Å². The fraction of sp³-hybridized carbons (Fsp3) is 0.375. The average molecular weight is 417 g/mol. The van der Waals surface area contributed by atoms with Crippen LogP contribution >= 0.6 is 0 Å². The largest absolute Gasteiger partial charge is 0.340 e. The second kappa shape index (κ2) is 8.61. The Morgan fingerprint density at radius 1 is 1.06 bits per heavy atom. The third kappa shape index (κ3) is 4.11. The zero-order chi connectivity index (χ0) is 21.2. The Bertz CT molecular complexity index is 1060. The lowest BCUT2D eigenvalue weighted by Gasteiger charge is -2.43. The number of H-pyrrole nitrogens is 1. The minimum atomic E-state index is -0.00699. The van der Waals surface area contributed by atoms with Crippen LogP contribution in [0.3, 0.4) is 0 Å². The standard InChI is InChI=1S/C24H28N6O/c1-17-26-23(28-27-17)20-8-7-19(21(15-20)18-5-3-2-4-6-18)9-11-30-14-13-29-12-10-25-16-22(29)24(30)31/h2-8,15,22,25H,9-14,16H2,1H3,(H,26,27,28)/t22-/m1/s1. The van der Waals surface area contributed by atoms with Gasteiger partial charge in [0.2, 0.25) is 5.91 Å². The number of aryl methyl sites for hydroxylation is 1. The van der Waals surface area contributed by atoms with Crippen molar-refractivity contribution in [2.75, 3.05) is 39.3 Å². The van der Waals surface area contributed by atoms with Crippen molar-refractivity contribution in [3.63, 3.8) is 0 Å². The van der Waals surface area contributed by atoms with Crippen molar-refractivity contribution in [2.24, 2.45) is 0 Å². The molecule has 31 heavy (non-hydrogen) atoms. The highest BCUT2D eigenvalue weighted by atomic mass is 16.2. The van der Waals surface area contributed by atoms with Gasteiger partial charge in [-0.25, -0.2) is 4.98 Å². The Balaban J connectivity index is 1.39. The van der Waals surface area contributed by atoms with Crippen LogP contribution in [0.25, 0.3) is 22.5 Å². The molecule has 2 fully saturated rings. The number of hydrogen-bond donors (Lipinski definition) is 2. The lowest BCUT2D eigenvalue weighted by Crippen LogP contribution is -2.64. The van der Waals surface area contributed by atoms with E-state index in [1.165, 1.54) is 16.7 Å². The van der Waals surface area contributed by atoms with Crippen LogP contribution in [0.5, 0.6) is 0 Å². The van der Waals surface area contributed by atoms with E-state index in [1.807, 2.05) is 17.9 Å². The number of amides is 1. The number of aromatic amines is 1. The van der Waals surface area contributed by atoms with E-state index in [9.17, 15) is 4.79 Å². The number of rotatable bonds is 5. The summed E-state index contributed by atoms with van der Waals surface area (Å²) in [5.74, 6) is 1.76. The number of nitrogens with one attached hydrogen (secondary N) is 2. The van der Waals surface area contributed by atoms with Crippen LogP contribution in [0.4, 0.5) is 0 Å². The fourth-order valence-corrected chi connectivity index (χ4v) is 4.60. The minimum Gasteiger partial charge on any atom is -0.340 e. The molecular formula is C24H28N6O. The summed E-state index contributed by atoms with van der Waals surface area (Å²) in [5, 5.41) is 10.6. The van der Waals surface area contributed by atoms with Gasteiger partial charge >= 0.3 is 0 Å². The van der Waals surface area contributed by atoms with Gasteiger partial charge in [0.25, 0.3) is 0 Å². The molecule has 160 valence electrons. The van der Waals surface area contributed by atoms with Gasteiger partial charge in [-0.15, -0.1) is 0 Å². The highest BCUT2D eigenvalue weighted by molar-refractivity contribution is 5.83. The number of benzene rings is 2. The molecule has 0 unspecified atom stereocenters. The van der Waals surface area contributed by atoms with Crippen LogP contribution in [0.15, 0.2) is 48.5 Å². The van der Waals surface area contributed by atoms with Gasteiger partial charge in [-0.05, 0) is 36.1 Å². The molecule has 7 nitrogen and oxygen atoms in total.